The molecule has 166 valence electrons. The Labute approximate surface area is 185 Å². The average Bonchev–Trinajstić information content (AvgIpc) is 3.37. The number of amides is 2. The molecule has 4 rings (SSSR count). The molecule has 0 radical (unpaired) electrons. The standard InChI is InChI=1S/C25H33N3O3/c1-3-4-7-16-31-24(30)27-13-10-21(18-27)17-26-14-11-25(12-15-26)19-28(20(2)29)23-9-6-5-8-22(23)25/h5-6,8-9,21H,3,10-19H2,1-2H3/t21-/m1/s1. The van der Waals surface area contributed by atoms with E-state index in [1.165, 1.54) is 5.56 Å². The van der Waals surface area contributed by atoms with Crippen LogP contribution in [0.25, 0.3) is 0 Å². The third kappa shape index (κ3) is 4.57. The van der Waals surface area contributed by atoms with Gasteiger partial charge in [0.15, 0.2) is 6.61 Å². The fraction of sp³-hybridized carbons (Fsp3) is 0.600. The van der Waals surface area contributed by atoms with Gasteiger partial charge >= 0.3 is 6.09 Å². The van der Waals surface area contributed by atoms with Crippen LogP contribution in [0.5, 0.6) is 0 Å². The Hall–Kier alpha value is -2.52. The fourth-order valence-electron chi connectivity index (χ4n) is 5.38. The monoisotopic (exact) mass is 423 g/mol. The van der Waals surface area contributed by atoms with Crippen molar-refractivity contribution in [2.75, 3.05) is 50.8 Å². The zero-order valence-electron chi connectivity index (χ0n) is 18.7. The minimum Gasteiger partial charge on any atom is -0.436 e. The predicted molar refractivity (Wildman–Crippen MR) is 121 cm³/mol. The van der Waals surface area contributed by atoms with Gasteiger partial charge in [0, 0.05) is 50.6 Å². The summed E-state index contributed by atoms with van der Waals surface area (Å²) in [4.78, 5) is 30.7. The number of rotatable bonds is 3. The summed E-state index contributed by atoms with van der Waals surface area (Å²) in [7, 11) is 0. The molecule has 3 aliphatic rings. The maximum atomic E-state index is 12.2. The maximum absolute atomic E-state index is 12.2. The van der Waals surface area contributed by atoms with Crippen LogP contribution in [0.15, 0.2) is 24.3 Å². The Balaban J connectivity index is 1.29. The highest BCUT2D eigenvalue weighted by molar-refractivity contribution is 5.94. The van der Waals surface area contributed by atoms with Crippen molar-refractivity contribution in [3.8, 4) is 11.8 Å². The lowest BCUT2D eigenvalue weighted by atomic mass is 9.74. The number of carbonyl (C=O) groups excluding carboxylic acids is 2. The van der Waals surface area contributed by atoms with E-state index in [0.717, 1.165) is 70.6 Å². The SMILES string of the molecule is CCC#CCOC(=O)N1CC[C@H](CN2CCC3(CC2)CN(C(C)=O)c2ccccc23)C1. The van der Waals surface area contributed by atoms with Crippen molar-refractivity contribution in [2.24, 2.45) is 5.92 Å². The van der Waals surface area contributed by atoms with Gasteiger partial charge in [-0.2, -0.15) is 0 Å². The molecular weight excluding hydrogens is 390 g/mol. The molecule has 31 heavy (non-hydrogen) atoms. The van der Waals surface area contributed by atoms with Crippen LogP contribution in [0.3, 0.4) is 0 Å². The van der Waals surface area contributed by atoms with Crippen LogP contribution in [-0.4, -0.2) is 67.7 Å². The molecule has 6 heteroatoms. The highest BCUT2D eigenvalue weighted by Crippen LogP contribution is 2.47. The maximum Gasteiger partial charge on any atom is 0.410 e. The lowest BCUT2D eigenvalue weighted by Gasteiger charge is -2.40. The lowest BCUT2D eigenvalue weighted by Crippen LogP contribution is -2.47. The summed E-state index contributed by atoms with van der Waals surface area (Å²) in [6.07, 6.45) is 3.71. The van der Waals surface area contributed by atoms with Crippen LogP contribution in [0.4, 0.5) is 10.5 Å². The van der Waals surface area contributed by atoms with Crippen molar-refractivity contribution in [3.05, 3.63) is 29.8 Å². The van der Waals surface area contributed by atoms with Crippen LogP contribution in [0.2, 0.25) is 0 Å². The highest BCUT2D eigenvalue weighted by atomic mass is 16.6. The van der Waals surface area contributed by atoms with Gasteiger partial charge < -0.3 is 19.4 Å². The van der Waals surface area contributed by atoms with E-state index in [4.69, 9.17) is 4.74 Å². The van der Waals surface area contributed by atoms with E-state index < -0.39 is 0 Å². The fourth-order valence-corrected chi connectivity index (χ4v) is 5.38. The number of piperidine rings is 1. The third-order valence-electron chi connectivity index (χ3n) is 7.05. The topological polar surface area (TPSA) is 53.1 Å². The van der Waals surface area contributed by atoms with Crippen LogP contribution < -0.4 is 4.90 Å². The van der Waals surface area contributed by atoms with E-state index in [1.54, 1.807) is 6.92 Å². The molecule has 0 N–H and O–H groups in total. The van der Waals surface area contributed by atoms with E-state index in [0.29, 0.717) is 5.92 Å². The van der Waals surface area contributed by atoms with Gasteiger partial charge in [0.05, 0.1) is 0 Å². The molecule has 1 atom stereocenters. The molecule has 2 fully saturated rings. The first kappa shape index (κ1) is 21.7. The number of benzene rings is 1. The molecule has 0 unspecified atom stereocenters. The first-order valence-electron chi connectivity index (χ1n) is 11.5. The Morgan fingerprint density at radius 2 is 1.94 bits per heavy atom. The summed E-state index contributed by atoms with van der Waals surface area (Å²) in [5, 5.41) is 0. The van der Waals surface area contributed by atoms with Crippen LogP contribution in [-0.2, 0) is 14.9 Å². The number of carbonyl (C=O) groups is 2. The van der Waals surface area contributed by atoms with Crippen molar-refractivity contribution < 1.29 is 14.3 Å². The van der Waals surface area contributed by atoms with E-state index in [2.05, 4.69) is 34.9 Å². The molecule has 1 aromatic carbocycles. The Morgan fingerprint density at radius 3 is 2.68 bits per heavy atom. The average molecular weight is 424 g/mol. The predicted octanol–water partition coefficient (Wildman–Crippen LogP) is 3.26. The number of hydrogen-bond donors (Lipinski definition) is 0. The van der Waals surface area contributed by atoms with Gasteiger partial charge in [-0.25, -0.2) is 4.79 Å². The van der Waals surface area contributed by atoms with Crippen molar-refractivity contribution in [1.29, 1.82) is 0 Å². The highest BCUT2D eigenvalue weighted by Gasteiger charge is 2.45. The Morgan fingerprint density at radius 1 is 1.16 bits per heavy atom. The molecule has 3 aliphatic heterocycles. The largest absolute Gasteiger partial charge is 0.436 e. The quantitative estimate of drug-likeness (QED) is 0.701. The number of hydrogen-bond acceptors (Lipinski definition) is 4. The minimum absolute atomic E-state index is 0.0871. The first-order valence-corrected chi connectivity index (χ1v) is 11.5. The first-order chi connectivity index (χ1) is 15.0. The molecule has 3 heterocycles. The summed E-state index contributed by atoms with van der Waals surface area (Å²) in [5.74, 6) is 6.40. The van der Waals surface area contributed by atoms with E-state index in [-0.39, 0.29) is 24.0 Å². The van der Waals surface area contributed by atoms with Crippen LogP contribution in [0.1, 0.15) is 45.1 Å². The van der Waals surface area contributed by atoms with Crippen LogP contribution in [0, 0.1) is 17.8 Å². The Kier molecular flexibility index (Phi) is 6.52. The second-order valence-electron chi connectivity index (χ2n) is 9.07. The van der Waals surface area contributed by atoms with Crippen molar-refractivity contribution >= 4 is 17.7 Å². The van der Waals surface area contributed by atoms with Gasteiger partial charge in [-0.05, 0) is 49.9 Å². The molecule has 1 aromatic rings. The number of fused-ring (bicyclic) bond motifs is 2. The van der Waals surface area contributed by atoms with Crippen molar-refractivity contribution in [3.63, 3.8) is 0 Å². The normalized spacial score (nSPS) is 22.2. The zero-order chi connectivity index (χ0) is 21.8. The molecule has 6 nitrogen and oxygen atoms in total. The number of anilines is 1. The summed E-state index contributed by atoms with van der Waals surface area (Å²) in [6.45, 7) is 9.26. The van der Waals surface area contributed by atoms with Gasteiger partial charge in [0.25, 0.3) is 0 Å². The lowest BCUT2D eigenvalue weighted by molar-refractivity contribution is -0.116. The summed E-state index contributed by atoms with van der Waals surface area (Å²) in [6, 6.07) is 8.41. The summed E-state index contributed by atoms with van der Waals surface area (Å²) >= 11 is 0. The van der Waals surface area contributed by atoms with E-state index in [9.17, 15) is 9.59 Å². The van der Waals surface area contributed by atoms with E-state index in [1.807, 2.05) is 22.8 Å². The van der Waals surface area contributed by atoms with Gasteiger partial charge in [-0.1, -0.05) is 31.0 Å². The molecular formula is C25H33N3O3. The minimum atomic E-state index is -0.239. The number of likely N-dealkylation sites (tertiary alicyclic amines) is 2. The van der Waals surface area contributed by atoms with Crippen molar-refractivity contribution in [1.82, 2.24) is 9.80 Å². The van der Waals surface area contributed by atoms with Crippen LogP contribution >= 0.6 is 0 Å². The smallest absolute Gasteiger partial charge is 0.410 e. The second kappa shape index (κ2) is 9.32. The van der Waals surface area contributed by atoms with Gasteiger partial charge in [-0.15, -0.1) is 5.92 Å². The zero-order valence-corrected chi connectivity index (χ0v) is 18.7. The Bertz CT molecular complexity index is 879. The number of ether oxygens (including phenoxy) is 1. The van der Waals surface area contributed by atoms with Gasteiger partial charge in [-0.3, -0.25) is 4.79 Å². The molecule has 0 aromatic heterocycles. The van der Waals surface area contributed by atoms with E-state index >= 15 is 0 Å². The molecule has 0 saturated carbocycles. The molecule has 1 spiro atoms. The number of nitrogens with zero attached hydrogens (tertiary/aromatic N) is 3. The third-order valence-corrected chi connectivity index (χ3v) is 7.05. The number of para-hydroxylation sites is 1. The molecule has 0 aliphatic carbocycles. The molecule has 0 bridgehead atoms. The summed E-state index contributed by atoms with van der Waals surface area (Å²) in [5.41, 5.74) is 2.52. The van der Waals surface area contributed by atoms with Gasteiger partial charge in [0.1, 0.15) is 0 Å². The summed E-state index contributed by atoms with van der Waals surface area (Å²) < 4.78 is 5.26. The van der Waals surface area contributed by atoms with Crippen molar-refractivity contribution in [2.45, 2.75) is 44.9 Å². The molecule has 2 saturated heterocycles. The molecule has 2 amide bonds. The van der Waals surface area contributed by atoms with Gasteiger partial charge in [0.2, 0.25) is 5.91 Å². The second-order valence-corrected chi connectivity index (χ2v) is 9.07.